The van der Waals surface area contributed by atoms with Crippen molar-refractivity contribution >= 4 is 34.3 Å². The number of imidazole rings is 1. The molecule has 1 aromatic heterocycles. The molecule has 0 radical (unpaired) electrons. The molecule has 1 unspecified atom stereocenters. The number of alkyl halides is 3. The van der Waals surface area contributed by atoms with Crippen LogP contribution >= 0.6 is 0 Å². The molecule has 3 amide bonds. The van der Waals surface area contributed by atoms with Crippen molar-refractivity contribution in [3.63, 3.8) is 0 Å². The summed E-state index contributed by atoms with van der Waals surface area (Å²) in [6.45, 7) is 12.1. The molecule has 0 bridgehead atoms. The second kappa shape index (κ2) is 20.0. The number of carbonyl (C=O) groups excluding carboxylic acids is 3. The van der Waals surface area contributed by atoms with Crippen LogP contribution in [0.1, 0.15) is 118 Å². The fraction of sp³-hybridized carbons (Fsp3) is 0.571. The maximum Gasteiger partial charge on any atom is 0.395 e. The monoisotopic (exact) mass is 1010 g/mol. The predicted molar refractivity (Wildman–Crippen MR) is 270 cm³/mol. The summed E-state index contributed by atoms with van der Waals surface area (Å²) in [6.07, 6.45) is 2.97. The van der Waals surface area contributed by atoms with Crippen molar-refractivity contribution in [2.24, 2.45) is 11.3 Å². The van der Waals surface area contributed by atoms with Gasteiger partial charge in [0, 0.05) is 64.3 Å². The zero-order valence-electron chi connectivity index (χ0n) is 42.7. The van der Waals surface area contributed by atoms with Crippen LogP contribution in [0.25, 0.3) is 16.6 Å². The molecule has 17 heteroatoms. The molecule has 4 fully saturated rings. The zero-order chi connectivity index (χ0) is 51.5. The Bertz CT molecular complexity index is 2810. The molecule has 392 valence electrons. The van der Waals surface area contributed by atoms with E-state index < -0.39 is 35.7 Å². The summed E-state index contributed by atoms with van der Waals surface area (Å²) >= 11 is 0. The average Bonchev–Trinajstić information content (AvgIpc) is 3.95. The zero-order valence-corrected chi connectivity index (χ0v) is 42.7. The standard InChI is InChI=1S/C56H69F3N6O8/c1-53(2,56(57,58)59)35-62(24-22-55(23-29-72-54(3,4)34-55)40-14-16-41(70-5)17-15-40)31-37-8-12-39(13-9-37)38-10-6-36(7-11-38)30-61-25-27-63(28-26-61)51(68)42-18-19-43-48-49(42)73-46-33-71-32-45(46)65(48)52(69)64(43)44-20-21-47(66)60-50(44)67/h8-10,12-19,36,44-46H,6-7,11,20-35H2,1-5H3,(H,60,66,67)/t36-,44?,45-,46+,55+/m0/s1. The van der Waals surface area contributed by atoms with Gasteiger partial charge in [-0.3, -0.25) is 38.6 Å². The van der Waals surface area contributed by atoms with E-state index >= 15 is 0 Å². The van der Waals surface area contributed by atoms with Crippen molar-refractivity contribution in [1.29, 1.82) is 0 Å². The number of benzene rings is 3. The van der Waals surface area contributed by atoms with Gasteiger partial charge in [-0.25, -0.2) is 4.79 Å². The molecule has 5 aliphatic heterocycles. The van der Waals surface area contributed by atoms with E-state index in [-0.39, 0.29) is 61.1 Å². The highest BCUT2D eigenvalue weighted by Gasteiger charge is 2.49. The number of piperidine rings is 1. The quantitative estimate of drug-likeness (QED) is 0.124. The van der Waals surface area contributed by atoms with Gasteiger partial charge in [0.25, 0.3) is 5.91 Å². The summed E-state index contributed by atoms with van der Waals surface area (Å²) < 4.78 is 70.2. The minimum absolute atomic E-state index is 0.118. The Kier molecular flexibility index (Phi) is 14.0. The highest BCUT2D eigenvalue weighted by molar-refractivity contribution is 6.04. The lowest BCUT2D eigenvalue weighted by atomic mass is 9.67. The summed E-state index contributed by atoms with van der Waals surface area (Å²) in [5, 5.41) is 2.37. The lowest BCUT2D eigenvalue weighted by Gasteiger charge is -2.46. The predicted octanol–water partition coefficient (Wildman–Crippen LogP) is 8.07. The summed E-state index contributed by atoms with van der Waals surface area (Å²) in [5.41, 5.74) is 2.98. The van der Waals surface area contributed by atoms with E-state index in [2.05, 4.69) is 66.5 Å². The Balaban J connectivity index is 0.764. The number of rotatable bonds is 14. The van der Waals surface area contributed by atoms with Crippen LogP contribution in [0.2, 0.25) is 0 Å². The SMILES string of the molecule is COc1ccc([C@]2(CCN(Cc3ccc(C4=CC[C@H](CN5CCN(C(=O)c6ccc7c8c6O[C@@H]6COC[C@@H]6n8c(=O)n7C6CCC(=O)NC6=O)CC5)CC4)cc3)CC(C)(C)C(F)(F)F)CCOC(C)(C)C2)cc1. The topological polar surface area (TPSA) is 137 Å². The van der Waals surface area contributed by atoms with Crippen molar-refractivity contribution in [1.82, 2.24) is 29.2 Å². The van der Waals surface area contributed by atoms with Gasteiger partial charge in [-0.15, -0.1) is 0 Å². The van der Waals surface area contributed by atoms with Crippen molar-refractivity contribution in [2.45, 2.75) is 121 Å². The van der Waals surface area contributed by atoms with E-state index in [0.29, 0.717) is 67.5 Å². The van der Waals surface area contributed by atoms with E-state index in [4.69, 9.17) is 18.9 Å². The van der Waals surface area contributed by atoms with E-state index in [0.717, 1.165) is 74.2 Å². The Morgan fingerprint density at radius 3 is 2.34 bits per heavy atom. The smallest absolute Gasteiger partial charge is 0.395 e. The molecule has 5 atom stereocenters. The molecule has 4 aromatic rings. The third-order valence-electron chi connectivity index (χ3n) is 16.6. The first-order valence-corrected chi connectivity index (χ1v) is 26.1. The molecule has 1 N–H and O–H groups in total. The number of methoxy groups -OCH3 is 1. The number of imide groups is 1. The van der Waals surface area contributed by atoms with Crippen LogP contribution in [-0.2, 0) is 31.0 Å². The van der Waals surface area contributed by atoms with Crippen molar-refractivity contribution in [3.05, 3.63) is 99.5 Å². The molecular formula is C56H69F3N6O8. The van der Waals surface area contributed by atoms with Crippen LogP contribution in [0.5, 0.6) is 11.5 Å². The van der Waals surface area contributed by atoms with Gasteiger partial charge < -0.3 is 23.8 Å². The first-order chi connectivity index (χ1) is 34.8. The summed E-state index contributed by atoms with van der Waals surface area (Å²) in [4.78, 5) is 59.6. The number of aromatic nitrogens is 2. The molecule has 0 saturated carbocycles. The molecule has 14 nitrogen and oxygen atoms in total. The summed E-state index contributed by atoms with van der Waals surface area (Å²) in [5.74, 6) is 0.497. The molecule has 6 heterocycles. The van der Waals surface area contributed by atoms with E-state index in [1.165, 1.54) is 24.0 Å². The van der Waals surface area contributed by atoms with Crippen LogP contribution < -0.4 is 20.5 Å². The van der Waals surface area contributed by atoms with Gasteiger partial charge in [-0.05, 0) is 132 Å². The number of nitrogens with zero attached hydrogens (tertiary/aromatic N) is 5. The van der Waals surface area contributed by atoms with E-state index in [1.807, 2.05) is 21.9 Å². The number of allylic oxidation sites excluding steroid dienone is 2. The van der Waals surface area contributed by atoms with Crippen LogP contribution in [-0.4, -0.2) is 132 Å². The van der Waals surface area contributed by atoms with Crippen LogP contribution in [0.3, 0.4) is 0 Å². The number of piperazine rings is 1. The van der Waals surface area contributed by atoms with Crippen LogP contribution in [0.4, 0.5) is 13.2 Å². The first-order valence-electron chi connectivity index (χ1n) is 26.1. The molecule has 6 aliphatic rings. The normalized spacial score (nSPS) is 25.6. The van der Waals surface area contributed by atoms with Crippen molar-refractivity contribution in [3.8, 4) is 11.5 Å². The minimum Gasteiger partial charge on any atom is -0.497 e. The molecule has 4 saturated heterocycles. The van der Waals surface area contributed by atoms with Crippen molar-refractivity contribution in [2.75, 3.05) is 72.7 Å². The average molecular weight is 1010 g/mol. The highest BCUT2D eigenvalue weighted by Crippen LogP contribution is 2.46. The Hall–Kier alpha value is -5.49. The Morgan fingerprint density at radius 2 is 1.67 bits per heavy atom. The number of hydrogen-bond donors (Lipinski definition) is 1. The fourth-order valence-corrected chi connectivity index (χ4v) is 12.5. The van der Waals surface area contributed by atoms with Gasteiger partial charge in [-0.2, -0.15) is 13.2 Å². The molecule has 10 rings (SSSR count). The van der Waals surface area contributed by atoms with Gasteiger partial charge in [0.05, 0.1) is 42.4 Å². The van der Waals surface area contributed by atoms with Crippen LogP contribution in [0, 0.1) is 11.3 Å². The Morgan fingerprint density at radius 1 is 0.918 bits per heavy atom. The molecule has 0 spiro atoms. The lowest BCUT2D eigenvalue weighted by molar-refractivity contribution is -0.217. The molecular weight excluding hydrogens is 942 g/mol. The first kappa shape index (κ1) is 51.0. The maximum absolute atomic E-state index is 14.4. The third kappa shape index (κ3) is 10.2. The van der Waals surface area contributed by atoms with E-state index in [9.17, 15) is 32.3 Å². The lowest BCUT2D eigenvalue weighted by Crippen LogP contribution is -2.50. The molecule has 1 aliphatic carbocycles. The van der Waals surface area contributed by atoms with Gasteiger partial charge in [0.1, 0.15) is 29.5 Å². The fourth-order valence-electron chi connectivity index (χ4n) is 12.5. The minimum atomic E-state index is -4.35. The largest absolute Gasteiger partial charge is 0.497 e. The van der Waals surface area contributed by atoms with Gasteiger partial charge in [0.15, 0.2) is 5.75 Å². The number of amides is 3. The number of ether oxygens (including phenoxy) is 4. The molecule has 3 aromatic carbocycles. The number of fused-ring (bicyclic) bond motifs is 2. The number of nitrogens with one attached hydrogen (secondary N) is 1. The van der Waals surface area contributed by atoms with Crippen molar-refractivity contribution < 1.29 is 46.5 Å². The van der Waals surface area contributed by atoms with Gasteiger partial charge in [0.2, 0.25) is 11.8 Å². The van der Waals surface area contributed by atoms with E-state index in [1.54, 1.807) is 23.8 Å². The van der Waals surface area contributed by atoms with Crippen LogP contribution in [0.15, 0.2) is 71.5 Å². The second-order valence-electron chi connectivity index (χ2n) is 22.6. The maximum atomic E-state index is 14.4. The third-order valence-corrected chi connectivity index (χ3v) is 16.6. The Labute approximate surface area is 424 Å². The highest BCUT2D eigenvalue weighted by atomic mass is 19.4. The number of carbonyl (C=O) groups is 3. The number of hydrogen-bond acceptors (Lipinski definition) is 10. The van der Waals surface area contributed by atoms with Gasteiger partial charge >= 0.3 is 11.9 Å². The molecule has 73 heavy (non-hydrogen) atoms. The van der Waals surface area contributed by atoms with Gasteiger partial charge in [-0.1, -0.05) is 42.5 Å². The summed E-state index contributed by atoms with van der Waals surface area (Å²) in [6, 6.07) is 18.7. The second-order valence-corrected chi connectivity index (χ2v) is 22.6. The summed E-state index contributed by atoms with van der Waals surface area (Å²) in [7, 11) is 1.64. The number of halogens is 3.